The van der Waals surface area contributed by atoms with E-state index in [2.05, 4.69) is 0 Å². The summed E-state index contributed by atoms with van der Waals surface area (Å²) < 4.78 is 7.46. The average Bonchev–Trinajstić information content (AvgIpc) is 3.42. The number of furan rings is 1. The first-order valence-electron chi connectivity index (χ1n) is 9.91. The number of aromatic nitrogens is 1. The lowest BCUT2D eigenvalue weighted by Gasteiger charge is -2.23. The monoisotopic (exact) mass is 407 g/mol. The molecule has 0 bridgehead atoms. The molecule has 1 N–H and O–H groups in total. The molecule has 0 radical (unpaired) electrons. The summed E-state index contributed by atoms with van der Waals surface area (Å²) in [6.45, 7) is 1.16. The van der Waals surface area contributed by atoms with Gasteiger partial charge in [0, 0.05) is 36.3 Å². The first-order chi connectivity index (χ1) is 14.4. The minimum atomic E-state index is -0.749. The third kappa shape index (κ3) is 3.31. The van der Waals surface area contributed by atoms with Crippen molar-refractivity contribution in [3.05, 3.63) is 65.8 Å². The van der Waals surface area contributed by atoms with E-state index in [1.807, 2.05) is 54.9 Å². The molecule has 7 heteroatoms. The number of Topliss-reactive ketones (excluding diaryl/α,β-unsaturated/α-hetero) is 1. The van der Waals surface area contributed by atoms with Gasteiger partial charge in [-0.1, -0.05) is 18.2 Å². The highest BCUT2D eigenvalue weighted by Crippen LogP contribution is 2.40. The number of nitrogens with zero attached hydrogens (tertiary/aromatic N) is 3. The molecule has 2 aromatic heterocycles. The minimum absolute atomic E-state index is 0.0659. The van der Waals surface area contributed by atoms with Crippen LogP contribution in [-0.2, 0) is 16.6 Å². The van der Waals surface area contributed by atoms with E-state index in [9.17, 15) is 14.7 Å². The van der Waals surface area contributed by atoms with Crippen LogP contribution in [-0.4, -0.2) is 58.3 Å². The maximum atomic E-state index is 13.0. The Bertz CT molecular complexity index is 1120. The Balaban J connectivity index is 1.83. The number of benzene rings is 1. The molecule has 1 amide bonds. The summed E-state index contributed by atoms with van der Waals surface area (Å²) in [5, 5.41) is 12.1. The van der Waals surface area contributed by atoms with Crippen molar-refractivity contribution in [1.82, 2.24) is 14.4 Å². The topological polar surface area (TPSA) is 78.9 Å². The molecule has 3 heterocycles. The van der Waals surface area contributed by atoms with Crippen molar-refractivity contribution in [3.63, 3.8) is 0 Å². The molecule has 1 aliphatic heterocycles. The molecule has 1 saturated heterocycles. The van der Waals surface area contributed by atoms with Gasteiger partial charge in [0.05, 0.1) is 11.8 Å². The van der Waals surface area contributed by atoms with Gasteiger partial charge >= 0.3 is 0 Å². The Hall–Kier alpha value is -3.32. The zero-order valence-electron chi connectivity index (χ0n) is 17.3. The summed E-state index contributed by atoms with van der Waals surface area (Å²) in [6, 6.07) is 10.3. The van der Waals surface area contributed by atoms with Crippen LogP contribution >= 0.6 is 0 Å². The quantitative estimate of drug-likeness (QED) is 0.386. The Labute approximate surface area is 174 Å². The van der Waals surface area contributed by atoms with Gasteiger partial charge in [0.25, 0.3) is 11.7 Å². The molecular weight excluding hydrogens is 382 g/mol. The molecule has 3 aromatic rings. The molecule has 0 aliphatic carbocycles. The van der Waals surface area contributed by atoms with Crippen LogP contribution in [0.5, 0.6) is 0 Å². The van der Waals surface area contributed by atoms with E-state index in [1.165, 1.54) is 11.2 Å². The number of carbonyl (C=O) groups is 2. The van der Waals surface area contributed by atoms with Gasteiger partial charge in [0.2, 0.25) is 0 Å². The van der Waals surface area contributed by atoms with Crippen LogP contribution in [0.2, 0.25) is 0 Å². The van der Waals surface area contributed by atoms with Crippen LogP contribution < -0.4 is 0 Å². The summed E-state index contributed by atoms with van der Waals surface area (Å²) in [7, 11) is 5.79. The third-order valence-corrected chi connectivity index (χ3v) is 5.51. The highest BCUT2D eigenvalue weighted by atomic mass is 16.3. The third-order valence-electron chi connectivity index (χ3n) is 5.51. The number of hydrogen-bond acceptors (Lipinski definition) is 5. The molecule has 7 nitrogen and oxygen atoms in total. The van der Waals surface area contributed by atoms with Crippen LogP contribution in [0.1, 0.15) is 23.8 Å². The van der Waals surface area contributed by atoms with E-state index < -0.39 is 17.7 Å². The normalized spacial score (nSPS) is 18.8. The second-order valence-corrected chi connectivity index (χ2v) is 7.84. The fourth-order valence-corrected chi connectivity index (χ4v) is 4.09. The van der Waals surface area contributed by atoms with Crippen molar-refractivity contribution in [2.75, 3.05) is 27.2 Å². The SMILES string of the molecule is CN(C)CCCN1C(=O)C(=O)/C(=C(/O)c2cn(C)c3ccccc23)[C@@H]1c1ccco1. The largest absolute Gasteiger partial charge is 0.507 e. The number of para-hydroxylation sites is 1. The molecule has 30 heavy (non-hydrogen) atoms. The lowest BCUT2D eigenvalue weighted by Crippen LogP contribution is -2.32. The van der Waals surface area contributed by atoms with Crippen LogP contribution in [0, 0.1) is 0 Å². The lowest BCUT2D eigenvalue weighted by atomic mass is 9.99. The number of carbonyl (C=O) groups excluding carboxylic acids is 2. The van der Waals surface area contributed by atoms with Gasteiger partial charge in [-0.15, -0.1) is 0 Å². The van der Waals surface area contributed by atoms with E-state index in [1.54, 1.807) is 18.3 Å². The Morgan fingerprint density at radius 2 is 1.93 bits per heavy atom. The van der Waals surface area contributed by atoms with Gasteiger partial charge in [-0.3, -0.25) is 9.59 Å². The summed E-state index contributed by atoms with van der Waals surface area (Å²) in [6.07, 6.45) is 3.98. The van der Waals surface area contributed by atoms with Gasteiger partial charge in [-0.2, -0.15) is 0 Å². The van der Waals surface area contributed by atoms with Crippen molar-refractivity contribution in [2.45, 2.75) is 12.5 Å². The highest BCUT2D eigenvalue weighted by Gasteiger charge is 2.47. The van der Waals surface area contributed by atoms with Crippen molar-refractivity contribution >= 4 is 28.4 Å². The zero-order chi connectivity index (χ0) is 21.4. The van der Waals surface area contributed by atoms with Gasteiger partial charge in [-0.25, -0.2) is 0 Å². The number of aryl methyl sites for hydroxylation is 1. The number of rotatable bonds is 6. The van der Waals surface area contributed by atoms with Gasteiger partial charge in [0.1, 0.15) is 17.6 Å². The smallest absolute Gasteiger partial charge is 0.295 e. The Morgan fingerprint density at radius 1 is 1.17 bits per heavy atom. The molecule has 0 unspecified atom stereocenters. The van der Waals surface area contributed by atoms with Gasteiger partial charge in [-0.05, 0) is 45.3 Å². The predicted molar refractivity (Wildman–Crippen MR) is 114 cm³/mol. The van der Waals surface area contributed by atoms with E-state index in [4.69, 9.17) is 4.42 Å². The van der Waals surface area contributed by atoms with Gasteiger partial charge in [0.15, 0.2) is 0 Å². The van der Waals surface area contributed by atoms with E-state index in [-0.39, 0.29) is 11.3 Å². The molecule has 4 rings (SSSR count). The minimum Gasteiger partial charge on any atom is -0.507 e. The van der Waals surface area contributed by atoms with Crippen LogP contribution in [0.3, 0.4) is 0 Å². The number of amides is 1. The summed E-state index contributed by atoms with van der Waals surface area (Å²) >= 11 is 0. The molecule has 1 fully saturated rings. The van der Waals surface area contributed by atoms with Gasteiger partial charge < -0.3 is 23.9 Å². The second kappa shape index (κ2) is 7.84. The fourth-order valence-electron chi connectivity index (χ4n) is 4.09. The molecule has 1 aromatic carbocycles. The number of aliphatic hydroxyl groups excluding tert-OH is 1. The summed E-state index contributed by atoms with van der Waals surface area (Å²) in [4.78, 5) is 29.4. The Kier molecular flexibility index (Phi) is 5.22. The summed E-state index contributed by atoms with van der Waals surface area (Å²) in [5.74, 6) is -1.02. The van der Waals surface area contributed by atoms with E-state index in [0.29, 0.717) is 24.3 Å². The van der Waals surface area contributed by atoms with Crippen molar-refractivity contribution in [3.8, 4) is 0 Å². The first kappa shape index (κ1) is 20.0. The first-order valence-corrected chi connectivity index (χ1v) is 9.91. The number of likely N-dealkylation sites (tertiary alicyclic amines) is 1. The molecule has 0 saturated carbocycles. The number of fused-ring (bicyclic) bond motifs is 1. The van der Waals surface area contributed by atoms with Crippen molar-refractivity contribution in [1.29, 1.82) is 0 Å². The lowest BCUT2D eigenvalue weighted by molar-refractivity contribution is -0.140. The standard InChI is InChI=1S/C23H25N3O4/c1-24(2)11-7-12-26-20(18-10-6-13-30-18)19(22(28)23(26)29)21(27)16-14-25(3)17-9-5-4-8-15(16)17/h4-6,8-10,13-14,20,27H,7,11-12H2,1-3H3/b21-19+/t20-/m0/s1. The van der Waals surface area contributed by atoms with Crippen LogP contribution in [0.15, 0.2) is 58.8 Å². The summed E-state index contributed by atoms with van der Waals surface area (Å²) in [5.41, 5.74) is 1.51. The number of ketones is 1. The van der Waals surface area contributed by atoms with E-state index in [0.717, 1.165) is 17.4 Å². The number of aliphatic hydroxyl groups is 1. The van der Waals surface area contributed by atoms with Crippen LogP contribution in [0.25, 0.3) is 16.7 Å². The maximum Gasteiger partial charge on any atom is 0.295 e. The Morgan fingerprint density at radius 3 is 2.63 bits per heavy atom. The number of hydrogen-bond donors (Lipinski definition) is 1. The van der Waals surface area contributed by atoms with Crippen molar-refractivity contribution in [2.24, 2.45) is 7.05 Å². The molecular formula is C23H25N3O4. The average molecular weight is 407 g/mol. The molecule has 1 atom stereocenters. The maximum absolute atomic E-state index is 13.0. The zero-order valence-corrected chi connectivity index (χ0v) is 17.3. The fraction of sp³-hybridized carbons (Fsp3) is 0.304. The van der Waals surface area contributed by atoms with Crippen LogP contribution in [0.4, 0.5) is 0 Å². The predicted octanol–water partition coefficient (Wildman–Crippen LogP) is 3.14. The van der Waals surface area contributed by atoms with Crippen molar-refractivity contribution < 1.29 is 19.1 Å². The molecule has 0 spiro atoms. The second-order valence-electron chi connectivity index (χ2n) is 7.84. The highest BCUT2D eigenvalue weighted by molar-refractivity contribution is 6.46. The van der Waals surface area contributed by atoms with E-state index >= 15 is 0 Å². The molecule has 156 valence electrons. The molecule has 1 aliphatic rings.